The van der Waals surface area contributed by atoms with Gasteiger partial charge in [0, 0.05) is 13.6 Å². The first-order valence-corrected chi connectivity index (χ1v) is 5.82. The third-order valence-corrected chi connectivity index (χ3v) is 2.97. The number of aryl methyl sites for hydroxylation is 1. The predicted octanol–water partition coefficient (Wildman–Crippen LogP) is 1.16. The monoisotopic (exact) mass is 265 g/mol. The maximum absolute atomic E-state index is 11.6. The van der Waals surface area contributed by atoms with Gasteiger partial charge in [0.15, 0.2) is 11.5 Å². The molecule has 0 bridgehead atoms. The van der Waals surface area contributed by atoms with Crippen LogP contribution in [0.25, 0.3) is 0 Å². The zero-order valence-electron chi connectivity index (χ0n) is 10.8. The van der Waals surface area contributed by atoms with Crippen LogP contribution < -0.4 is 9.47 Å². The van der Waals surface area contributed by atoms with Gasteiger partial charge in [-0.1, -0.05) is 0 Å². The molecule has 102 valence electrons. The summed E-state index contributed by atoms with van der Waals surface area (Å²) in [7, 11) is 1.58. The summed E-state index contributed by atoms with van der Waals surface area (Å²) in [4.78, 5) is 23.5. The minimum Gasteiger partial charge on any atom is -0.481 e. The highest BCUT2D eigenvalue weighted by molar-refractivity contribution is 5.93. The van der Waals surface area contributed by atoms with Crippen LogP contribution in [0, 0.1) is 6.92 Å². The topological polar surface area (TPSA) is 76.1 Å². The number of ether oxygens (including phenoxy) is 2. The molecule has 0 unspecified atom stereocenters. The summed E-state index contributed by atoms with van der Waals surface area (Å²) in [5, 5.41) is 8.60. The second-order valence-electron chi connectivity index (χ2n) is 4.45. The molecule has 0 aliphatic carbocycles. The summed E-state index contributed by atoms with van der Waals surface area (Å²) >= 11 is 0. The number of hydrogen-bond acceptors (Lipinski definition) is 4. The number of hydrogen-bond donors (Lipinski definition) is 1. The van der Waals surface area contributed by atoms with Gasteiger partial charge in [0.1, 0.15) is 6.42 Å². The summed E-state index contributed by atoms with van der Waals surface area (Å²) < 4.78 is 10.5. The number of nitrogens with zero attached hydrogens (tertiary/aromatic N) is 1. The average molecular weight is 265 g/mol. The van der Waals surface area contributed by atoms with Gasteiger partial charge in [-0.15, -0.1) is 0 Å². The molecular formula is C13H15NO5. The van der Waals surface area contributed by atoms with Crippen molar-refractivity contribution in [2.24, 2.45) is 0 Å². The number of carboxylic acid groups (broad SMARTS) is 1. The van der Waals surface area contributed by atoms with Gasteiger partial charge in [0.25, 0.3) is 0 Å². The summed E-state index contributed by atoms with van der Waals surface area (Å²) in [5.41, 5.74) is 1.88. The van der Waals surface area contributed by atoms with Crippen LogP contribution in [0.3, 0.4) is 0 Å². The maximum Gasteiger partial charge on any atom is 0.312 e. The van der Waals surface area contributed by atoms with Crippen LogP contribution >= 0.6 is 0 Å². The van der Waals surface area contributed by atoms with Gasteiger partial charge in [-0.2, -0.15) is 0 Å². The Morgan fingerprint density at radius 3 is 2.58 bits per heavy atom. The largest absolute Gasteiger partial charge is 0.481 e. The van der Waals surface area contributed by atoms with E-state index in [9.17, 15) is 9.59 Å². The molecule has 0 radical (unpaired) electrons. The Labute approximate surface area is 110 Å². The summed E-state index contributed by atoms with van der Waals surface area (Å²) in [6, 6.07) is 3.68. The Morgan fingerprint density at radius 2 is 1.95 bits per heavy atom. The molecule has 0 fully saturated rings. The molecule has 1 aromatic carbocycles. The zero-order chi connectivity index (χ0) is 14.0. The van der Waals surface area contributed by atoms with Crippen LogP contribution in [0.5, 0.6) is 11.5 Å². The molecule has 1 heterocycles. The lowest BCUT2D eigenvalue weighted by molar-refractivity contribution is -0.143. The van der Waals surface area contributed by atoms with E-state index < -0.39 is 18.3 Å². The molecule has 1 N–H and O–H groups in total. The van der Waals surface area contributed by atoms with Gasteiger partial charge >= 0.3 is 5.97 Å². The van der Waals surface area contributed by atoms with E-state index in [4.69, 9.17) is 14.6 Å². The number of rotatable bonds is 4. The van der Waals surface area contributed by atoms with E-state index in [2.05, 4.69) is 0 Å². The van der Waals surface area contributed by atoms with Crippen LogP contribution in [0.4, 0.5) is 0 Å². The van der Waals surface area contributed by atoms with Crippen LogP contribution in [0.2, 0.25) is 0 Å². The fraction of sp³-hybridized carbons (Fsp3) is 0.385. The van der Waals surface area contributed by atoms with E-state index in [1.54, 1.807) is 7.05 Å². The molecule has 0 saturated carbocycles. The smallest absolute Gasteiger partial charge is 0.312 e. The molecule has 2 rings (SSSR count). The fourth-order valence-corrected chi connectivity index (χ4v) is 1.86. The van der Waals surface area contributed by atoms with E-state index >= 15 is 0 Å². The third-order valence-electron chi connectivity index (χ3n) is 2.97. The normalized spacial score (nSPS) is 12.3. The van der Waals surface area contributed by atoms with E-state index in [0.29, 0.717) is 18.0 Å². The standard InChI is InChI=1S/C13H15NO5/c1-8-3-10-11(19-7-18-10)4-9(8)6-14(2)12(15)5-13(16)17/h3-4H,5-7H2,1-2H3,(H,16,17). The van der Waals surface area contributed by atoms with Crippen molar-refractivity contribution in [2.45, 2.75) is 19.9 Å². The molecule has 0 atom stereocenters. The van der Waals surface area contributed by atoms with Gasteiger partial charge in [-0.25, -0.2) is 0 Å². The lowest BCUT2D eigenvalue weighted by Crippen LogP contribution is -2.28. The molecule has 1 aromatic rings. The number of benzene rings is 1. The van der Waals surface area contributed by atoms with Crippen LogP contribution in [0.15, 0.2) is 12.1 Å². The highest BCUT2D eigenvalue weighted by Crippen LogP contribution is 2.34. The number of aliphatic carboxylic acids is 1. The van der Waals surface area contributed by atoms with Crippen molar-refractivity contribution in [1.29, 1.82) is 0 Å². The summed E-state index contributed by atoms with van der Waals surface area (Å²) in [5.74, 6) is -0.204. The highest BCUT2D eigenvalue weighted by Gasteiger charge is 2.18. The van der Waals surface area contributed by atoms with Crippen LogP contribution in [0.1, 0.15) is 17.5 Å². The van der Waals surface area contributed by atoms with E-state index in [1.807, 2.05) is 19.1 Å². The second kappa shape index (κ2) is 5.17. The number of carbonyl (C=O) groups excluding carboxylic acids is 1. The third kappa shape index (κ3) is 2.96. The van der Waals surface area contributed by atoms with Crippen molar-refractivity contribution in [3.05, 3.63) is 23.3 Å². The van der Waals surface area contributed by atoms with Crippen molar-refractivity contribution in [3.8, 4) is 11.5 Å². The Hall–Kier alpha value is -2.24. The zero-order valence-corrected chi connectivity index (χ0v) is 10.8. The minimum absolute atomic E-state index is 0.200. The molecule has 1 amide bonds. The number of fused-ring (bicyclic) bond motifs is 1. The lowest BCUT2D eigenvalue weighted by Gasteiger charge is -2.18. The van der Waals surface area contributed by atoms with Gasteiger partial charge in [-0.3, -0.25) is 9.59 Å². The van der Waals surface area contributed by atoms with Crippen molar-refractivity contribution in [2.75, 3.05) is 13.8 Å². The lowest BCUT2D eigenvalue weighted by atomic mass is 10.1. The summed E-state index contributed by atoms with van der Waals surface area (Å²) in [6.45, 7) is 2.45. The van der Waals surface area contributed by atoms with Crippen molar-refractivity contribution < 1.29 is 24.2 Å². The number of carbonyl (C=O) groups is 2. The molecule has 0 spiro atoms. The van der Waals surface area contributed by atoms with E-state index in [1.165, 1.54) is 4.90 Å². The van der Waals surface area contributed by atoms with Crippen LogP contribution in [-0.2, 0) is 16.1 Å². The first-order chi connectivity index (χ1) is 8.97. The molecule has 19 heavy (non-hydrogen) atoms. The van der Waals surface area contributed by atoms with E-state index in [-0.39, 0.29) is 6.79 Å². The van der Waals surface area contributed by atoms with Gasteiger partial charge in [0.05, 0.1) is 0 Å². The Kier molecular flexibility index (Phi) is 3.59. The summed E-state index contributed by atoms with van der Waals surface area (Å²) in [6.07, 6.45) is -0.500. The quantitative estimate of drug-likeness (QED) is 0.827. The van der Waals surface area contributed by atoms with Gasteiger partial charge in [-0.05, 0) is 30.2 Å². The van der Waals surface area contributed by atoms with Crippen molar-refractivity contribution in [3.63, 3.8) is 0 Å². The Balaban J connectivity index is 2.11. The van der Waals surface area contributed by atoms with Crippen molar-refractivity contribution >= 4 is 11.9 Å². The van der Waals surface area contributed by atoms with Crippen LogP contribution in [-0.4, -0.2) is 35.7 Å². The molecule has 0 saturated heterocycles. The first kappa shape index (κ1) is 13.2. The fourth-order valence-electron chi connectivity index (χ4n) is 1.86. The Bertz CT molecular complexity index is 526. The molecule has 0 aromatic heterocycles. The molecule has 1 aliphatic rings. The maximum atomic E-state index is 11.6. The predicted molar refractivity (Wildman–Crippen MR) is 66.0 cm³/mol. The molecular weight excluding hydrogens is 250 g/mol. The first-order valence-electron chi connectivity index (χ1n) is 5.82. The molecule has 6 nitrogen and oxygen atoms in total. The Morgan fingerprint density at radius 1 is 1.32 bits per heavy atom. The van der Waals surface area contributed by atoms with Gasteiger partial charge < -0.3 is 19.5 Å². The molecule has 6 heteroatoms. The minimum atomic E-state index is -1.13. The van der Waals surface area contributed by atoms with E-state index in [0.717, 1.165) is 11.1 Å². The highest BCUT2D eigenvalue weighted by atomic mass is 16.7. The average Bonchev–Trinajstić information content (AvgIpc) is 2.75. The van der Waals surface area contributed by atoms with Gasteiger partial charge in [0.2, 0.25) is 12.7 Å². The molecule has 1 aliphatic heterocycles. The SMILES string of the molecule is Cc1cc2c(cc1CN(C)C(=O)CC(=O)O)OCO2. The number of amides is 1. The second-order valence-corrected chi connectivity index (χ2v) is 4.45. The van der Waals surface area contributed by atoms with Crippen molar-refractivity contribution in [1.82, 2.24) is 4.90 Å². The number of carboxylic acids is 1.